The summed E-state index contributed by atoms with van der Waals surface area (Å²) in [6.07, 6.45) is 17.9. The van der Waals surface area contributed by atoms with Crippen molar-refractivity contribution >= 4 is 5.69 Å². The SMILES string of the molecule is c1ccc(N2C3CCC4CCCCC4C3C3CCC4C5CCCCC5NC4C32)cc1. The zero-order valence-corrected chi connectivity index (χ0v) is 18.6. The van der Waals surface area contributed by atoms with E-state index in [1.807, 2.05) is 0 Å². The lowest BCUT2D eigenvalue weighted by atomic mass is 9.58. The lowest BCUT2D eigenvalue weighted by Gasteiger charge is -2.46. The Balaban J connectivity index is 1.29. The molecule has 1 N–H and O–H groups in total. The Morgan fingerprint density at radius 2 is 1.43 bits per heavy atom. The van der Waals surface area contributed by atoms with Crippen molar-refractivity contribution in [2.45, 2.75) is 101 Å². The van der Waals surface area contributed by atoms with Gasteiger partial charge in [-0.2, -0.15) is 0 Å². The predicted molar refractivity (Wildman–Crippen MR) is 124 cm³/mol. The van der Waals surface area contributed by atoms with E-state index in [9.17, 15) is 0 Å². The maximum atomic E-state index is 4.31. The highest BCUT2D eigenvalue weighted by atomic mass is 15.3. The fourth-order valence-electron chi connectivity index (χ4n) is 9.96. The molecule has 10 unspecified atom stereocenters. The number of hydrogen-bond donors (Lipinski definition) is 1. The Bertz CT molecular complexity index is 761. The minimum atomic E-state index is 0.754. The number of anilines is 1. The maximum Gasteiger partial charge on any atom is 0.0480 e. The Kier molecular flexibility index (Phi) is 4.48. The molecular weight excluding hydrogens is 364 g/mol. The first-order valence-corrected chi connectivity index (χ1v) is 13.5. The minimum absolute atomic E-state index is 0.754. The van der Waals surface area contributed by atoms with Crippen molar-refractivity contribution in [3.05, 3.63) is 30.3 Å². The molecule has 0 spiro atoms. The van der Waals surface area contributed by atoms with Gasteiger partial charge < -0.3 is 10.2 Å². The number of hydrogen-bond acceptors (Lipinski definition) is 2. The number of nitrogens with one attached hydrogen (secondary N) is 1. The van der Waals surface area contributed by atoms with Gasteiger partial charge >= 0.3 is 0 Å². The third-order valence-corrected chi connectivity index (χ3v) is 10.8. The highest BCUT2D eigenvalue weighted by Gasteiger charge is 2.61. The van der Waals surface area contributed by atoms with Crippen LogP contribution in [-0.4, -0.2) is 24.2 Å². The van der Waals surface area contributed by atoms with Gasteiger partial charge in [0, 0.05) is 29.9 Å². The van der Waals surface area contributed by atoms with E-state index in [1.54, 1.807) is 0 Å². The molecule has 1 aromatic rings. The fraction of sp³-hybridized carbons (Fsp3) is 0.786. The smallest absolute Gasteiger partial charge is 0.0480 e. The second-order valence-corrected chi connectivity index (χ2v) is 11.8. The third-order valence-electron chi connectivity index (χ3n) is 10.8. The van der Waals surface area contributed by atoms with Crippen molar-refractivity contribution in [3.8, 4) is 0 Å². The first-order valence-electron chi connectivity index (χ1n) is 13.5. The molecule has 0 aromatic heterocycles. The Hall–Kier alpha value is -1.02. The van der Waals surface area contributed by atoms with Crippen LogP contribution in [0, 0.1) is 35.5 Å². The molecule has 2 heteroatoms. The van der Waals surface area contributed by atoms with Gasteiger partial charge in [-0.1, -0.05) is 50.3 Å². The second kappa shape index (κ2) is 7.26. The van der Waals surface area contributed by atoms with E-state index in [1.165, 1.54) is 82.7 Å². The average molecular weight is 405 g/mol. The van der Waals surface area contributed by atoms with Crippen LogP contribution < -0.4 is 10.2 Å². The monoisotopic (exact) mass is 404 g/mol. The van der Waals surface area contributed by atoms with Crippen LogP contribution in [0.25, 0.3) is 0 Å². The molecule has 2 aliphatic heterocycles. The van der Waals surface area contributed by atoms with Crippen LogP contribution in [-0.2, 0) is 0 Å². The van der Waals surface area contributed by atoms with Gasteiger partial charge in [0.15, 0.2) is 0 Å². The van der Waals surface area contributed by atoms with Crippen molar-refractivity contribution in [1.29, 1.82) is 0 Å². The number of nitrogens with zero attached hydrogens (tertiary/aromatic N) is 1. The summed E-state index contributed by atoms with van der Waals surface area (Å²) in [5, 5.41) is 4.31. The highest BCUT2D eigenvalue weighted by Crippen LogP contribution is 2.59. The van der Waals surface area contributed by atoms with Crippen molar-refractivity contribution in [1.82, 2.24) is 5.32 Å². The summed E-state index contributed by atoms with van der Waals surface area (Å²) in [5.41, 5.74) is 1.53. The first kappa shape index (κ1) is 18.5. The van der Waals surface area contributed by atoms with E-state index >= 15 is 0 Å². The number of benzene rings is 1. The van der Waals surface area contributed by atoms with E-state index in [0.717, 1.165) is 59.7 Å². The Labute approximate surface area is 183 Å². The molecule has 0 amide bonds. The topological polar surface area (TPSA) is 15.3 Å². The quantitative estimate of drug-likeness (QED) is 0.616. The Morgan fingerprint density at radius 1 is 0.667 bits per heavy atom. The van der Waals surface area contributed by atoms with E-state index in [-0.39, 0.29) is 0 Å². The summed E-state index contributed by atoms with van der Waals surface area (Å²) in [7, 11) is 0. The van der Waals surface area contributed by atoms with Crippen LogP contribution in [0.4, 0.5) is 5.69 Å². The lowest BCUT2D eigenvalue weighted by molar-refractivity contribution is 0.0555. The van der Waals surface area contributed by atoms with Gasteiger partial charge in [0.25, 0.3) is 0 Å². The molecule has 4 saturated carbocycles. The molecule has 1 aromatic carbocycles. The number of rotatable bonds is 1. The molecule has 6 fully saturated rings. The van der Waals surface area contributed by atoms with E-state index in [4.69, 9.17) is 0 Å². The summed E-state index contributed by atoms with van der Waals surface area (Å²) in [6.45, 7) is 0. The van der Waals surface area contributed by atoms with Crippen LogP contribution >= 0.6 is 0 Å². The van der Waals surface area contributed by atoms with Crippen molar-refractivity contribution in [3.63, 3.8) is 0 Å². The molecule has 162 valence electrons. The van der Waals surface area contributed by atoms with Crippen LogP contribution in [0.5, 0.6) is 0 Å². The van der Waals surface area contributed by atoms with Gasteiger partial charge in [-0.05, 0) is 92.6 Å². The lowest BCUT2D eigenvalue weighted by Crippen LogP contribution is -2.54. The zero-order valence-electron chi connectivity index (χ0n) is 18.6. The molecule has 10 atom stereocenters. The van der Waals surface area contributed by atoms with Gasteiger partial charge in [-0.3, -0.25) is 0 Å². The van der Waals surface area contributed by atoms with Gasteiger partial charge in [0.05, 0.1) is 0 Å². The third kappa shape index (κ3) is 2.64. The van der Waals surface area contributed by atoms with Gasteiger partial charge in [0.2, 0.25) is 0 Å². The maximum absolute atomic E-state index is 4.31. The summed E-state index contributed by atoms with van der Waals surface area (Å²) in [4.78, 5) is 3.02. The standard InChI is InChI=1S/C28H40N2/c1-2-9-19(10-3-1)30-25-17-14-18-8-4-5-11-20(18)26(25)23-16-15-22-21-12-6-7-13-24(21)29-27(22)28(23)30/h1-3,9-10,18,20-29H,4-8,11-17H2. The first-order chi connectivity index (χ1) is 14.9. The van der Waals surface area contributed by atoms with E-state index in [0.29, 0.717) is 0 Å². The predicted octanol–water partition coefficient (Wildman–Crippen LogP) is 6.02. The number of fused-ring (bicyclic) bond motifs is 9. The zero-order chi connectivity index (χ0) is 19.7. The van der Waals surface area contributed by atoms with Crippen LogP contribution in [0.3, 0.4) is 0 Å². The molecule has 30 heavy (non-hydrogen) atoms. The molecule has 2 nitrogen and oxygen atoms in total. The molecule has 2 heterocycles. The molecule has 0 bridgehead atoms. The second-order valence-electron chi connectivity index (χ2n) is 11.8. The average Bonchev–Trinajstić information content (AvgIpc) is 3.35. The molecule has 2 saturated heterocycles. The minimum Gasteiger partial charge on any atom is -0.363 e. The highest BCUT2D eigenvalue weighted by molar-refractivity contribution is 5.52. The van der Waals surface area contributed by atoms with Crippen LogP contribution in [0.2, 0.25) is 0 Å². The number of para-hydroxylation sites is 1. The van der Waals surface area contributed by atoms with E-state index in [2.05, 4.69) is 40.5 Å². The summed E-state index contributed by atoms with van der Waals surface area (Å²) in [6, 6.07) is 14.8. The van der Waals surface area contributed by atoms with Gasteiger partial charge in [-0.25, -0.2) is 0 Å². The van der Waals surface area contributed by atoms with Crippen molar-refractivity contribution in [2.24, 2.45) is 35.5 Å². The molecule has 7 rings (SSSR count). The molecular formula is C28H40N2. The summed E-state index contributed by atoms with van der Waals surface area (Å²) in [5.74, 6) is 5.92. The summed E-state index contributed by atoms with van der Waals surface area (Å²) >= 11 is 0. The van der Waals surface area contributed by atoms with Crippen LogP contribution in [0.1, 0.15) is 77.0 Å². The van der Waals surface area contributed by atoms with Crippen molar-refractivity contribution < 1.29 is 0 Å². The molecule has 4 aliphatic carbocycles. The molecule has 0 radical (unpaired) electrons. The molecule has 6 aliphatic rings. The summed E-state index contributed by atoms with van der Waals surface area (Å²) < 4.78 is 0. The fourth-order valence-corrected chi connectivity index (χ4v) is 9.96. The van der Waals surface area contributed by atoms with E-state index < -0.39 is 0 Å². The Morgan fingerprint density at radius 3 is 2.33 bits per heavy atom. The van der Waals surface area contributed by atoms with Gasteiger partial charge in [-0.15, -0.1) is 0 Å². The van der Waals surface area contributed by atoms with Crippen molar-refractivity contribution in [2.75, 3.05) is 4.90 Å². The largest absolute Gasteiger partial charge is 0.363 e. The van der Waals surface area contributed by atoms with Gasteiger partial charge in [0.1, 0.15) is 0 Å². The van der Waals surface area contributed by atoms with Crippen LogP contribution in [0.15, 0.2) is 30.3 Å². The normalized spacial score (nSPS) is 49.5.